The van der Waals surface area contributed by atoms with Gasteiger partial charge in [0.15, 0.2) is 0 Å². The summed E-state index contributed by atoms with van der Waals surface area (Å²) in [7, 11) is 1.62. The van der Waals surface area contributed by atoms with Crippen LogP contribution >= 0.6 is 0 Å². The van der Waals surface area contributed by atoms with E-state index < -0.39 is 0 Å². The molecule has 0 aliphatic carbocycles. The Balaban J connectivity index is 2.45. The zero-order chi connectivity index (χ0) is 12.0. The number of benzene rings is 1. The van der Waals surface area contributed by atoms with Crippen molar-refractivity contribution in [2.45, 2.75) is 26.1 Å². The van der Waals surface area contributed by atoms with Gasteiger partial charge in [-0.1, -0.05) is 24.3 Å². The normalized spacial score (nSPS) is 12.2. The summed E-state index contributed by atoms with van der Waals surface area (Å²) >= 11 is 0. The maximum absolute atomic E-state index is 11.2. The fourth-order valence-corrected chi connectivity index (χ4v) is 1.34. The number of hydrogen-bond donors (Lipinski definition) is 3. The van der Waals surface area contributed by atoms with Gasteiger partial charge in [0, 0.05) is 13.6 Å². The highest BCUT2D eigenvalue weighted by Gasteiger charge is 2.09. The molecule has 4 heteroatoms. The van der Waals surface area contributed by atoms with Crippen molar-refractivity contribution in [2.24, 2.45) is 0 Å². The van der Waals surface area contributed by atoms with Gasteiger partial charge in [0.1, 0.15) is 0 Å². The van der Waals surface area contributed by atoms with Gasteiger partial charge in [-0.2, -0.15) is 0 Å². The fraction of sp³-hybridized carbons (Fsp3) is 0.417. The van der Waals surface area contributed by atoms with Gasteiger partial charge in [0.05, 0.1) is 12.6 Å². The molecule has 0 aliphatic rings. The summed E-state index contributed by atoms with van der Waals surface area (Å²) in [5, 5.41) is 14.6. The first kappa shape index (κ1) is 12.7. The second-order valence-electron chi connectivity index (χ2n) is 3.69. The topological polar surface area (TPSA) is 61.4 Å². The Morgan fingerprint density at radius 2 is 1.88 bits per heavy atom. The molecule has 0 radical (unpaired) electrons. The number of aliphatic hydroxyl groups excluding tert-OH is 1. The number of aliphatic hydroxyl groups is 1. The van der Waals surface area contributed by atoms with E-state index in [0.29, 0.717) is 6.54 Å². The van der Waals surface area contributed by atoms with E-state index in [0.717, 1.165) is 11.1 Å². The number of hydrogen-bond acceptors (Lipinski definition) is 3. The third kappa shape index (κ3) is 3.64. The van der Waals surface area contributed by atoms with Gasteiger partial charge >= 0.3 is 0 Å². The minimum Gasteiger partial charge on any atom is -0.392 e. The van der Waals surface area contributed by atoms with E-state index in [9.17, 15) is 4.79 Å². The third-order valence-corrected chi connectivity index (χ3v) is 2.46. The maximum Gasteiger partial charge on any atom is 0.236 e. The molecule has 0 fully saturated rings. The molecule has 1 aromatic carbocycles. The SMILES string of the molecule is CNC(=O)C(C)NCc1ccc(CO)cc1. The molecule has 0 saturated carbocycles. The summed E-state index contributed by atoms with van der Waals surface area (Å²) in [6.45, 7) is 2.52. The van der Waals surface area contributed by atoms with Crippen LogP contribution in [0.3, 0.4) is 0 Å². The van der Waals surface area contributed by atoms with E-state index in [1.54, 1.807) is 7.05 Å². The molecular formula is C12H18N2O2. The minimum absolute atomic E-state index is 0.0213. The molecule has 0 heterocycles. The highest BCUT2D eigenvalue weighted by molar-refractivity contribution is 5.80. The summed E-state index contributed by atoms with van der Waals surface area (Å²) in [6, 6.07) is 7.43. The van der Waals surface area contributed by atoms with Crippen molar-refractivity contribution in [3.05, 3.63) is 35.4 Å². The number of nitrogens with one attached hydrogen (secondary N) is 2. The molecule has 1 unspecified atom stereocenters. The Morgan fingerprint density at radius 1 is 1.31 bits per heavy atom. The fourth-order valence-electron chi connectivity index (χ4n) is 1.34. The predicted molar refractivity (Wildman–Crippen MR) is 62.7 cm³/mol. The Kier molecular flexibility index (Phi) is 4.95. The van der Waals surface area contributed by atoms with E-state index in [1.165, 1.54) is 0 Å². The zero-order valence-corrected chi connectivity index (χ0v) is 9.66. The molecule has 1 aromatic rings. The van der Waals surface area contributed by atoms with Crippen molar-refractivity contribution in [1.82, 2.24) is 10.6 Å². The molecule has 4 nitrogen and oxygen atoms in total. The quantitative estimate of drug-likeness (QED) is 0.676. The summed E-state index contributed by atoms with van der Waals surface area (Å²) in [6.07, 6.45) is 0. The van der Waals surface area contributed by atoms with E-state index >= 15 is 0 Å². The molecule has 16 heavy (non-hydrogen) atoms. The average molecular weight is 222 g/mol. The molecule has 1 amide bonds. The van der Waals surface area contributed by atoms with Crippen LogP contribution in [0.2, 0.25) is 0 Å². The molecule has 1 atom stereocenters. The Hall–Kier alpha value is -1.39. The van der Waals surface area contributed by atoms with Gasteiger partial charge < -0.3 is 15.7 Å². The van der Waals surface area contributed by atoms with E-state index in [2.05, 4.69) is 10.6 Å². The van der Waals surface area contributed by atoms with Crippen molar-refractivity contribution in [1.29, 1.82) is 0 Å². The van der Waals surface area contributed by atoms with Gasteiger partial charge in [0.25, 0.3) is 0 Å². The lowest BCUT2D eigenvalue weighted by atomic mass is 10.1. The van der Waals surface area contributed by atoms with Crippen molar-refractivity contribution in [2.75, 3.05) is 7.05 Å². The van der Waals surface area contributed by atoms with Gasteiger partial charge in [0.2, 0.25) is 5.91 Å². The molecule has 0 saturated heterocycles. The first-order valence-corrected chi connectivity index (χ1v) is 5.31. The molecule has 0 bridgehead atoms. The van der Waals surface area contributed by atoms with Gasteiger partial charge in [-0.05, 0) is 18.1 Å². The lowest BCUT2D eigenvalue weighted by molar-refractivity contribution is -0.122. The standard InChI is InChI=1S/C12H18N2O2/c1-9(12(16)13-2)14-7-10-3-5-11(8-15)6-4-10/h3-6,9,14-15H,7-8H2,1-2H3,(H,13,16). The number of likely N-dealkylation sites (N-methyl/N-ethyl adjacent to an activating group) is 1. The van der Waals surface area contributed by atoms with E-state index in [4.69, 9.17) is 5.11 Å². The second-order valence-corrected chi connectivity index (χ2v) is 3.69. The Labute approximate surface area is 95.7 Å². The minimum atomic E-state index is -0.206. The van der Waals surface area contributed by atoms with Crippen molar-refractivity contribution >= 4 is 5.91 Å². The van der Waals surface area contributed by atoms with Crippen molar-refractivity contribution < 1.29 is 9.90 Å². The molecule has 0 spiro atoms. The van der Waals surface area contributed by atoms with Crippen LogP contribution in [0.1, 0.15) is 18.1 Å². The van der Waals surface area contributed by atoms with Crippen LogP contribution in [0.25, 0.3) is 0 Å². The zero-order valence-electron chi connectivity index (χ0n) is 9.66. The summed E-state index contributed by atoms with van der Waals surface area (Å²) in [5.74, 6) is -0.0213. The number of amides is 1. The average Bonchev–Trinajstić information content (AvgIpc) is 2.35. The number of rotatable bonds is 5. The lowest BCUT2D eigenvalue weighted by Gasteiger charge is -2.12. The molecule has 88 valence electrons. The molecular weight excluding hydrogens is 204 g/mol. The van der Waals surface area contributed by atoms with Crippen LogP contribution in [-0.2, 0) is 17.9 Å². The molecule has 3 N–H and O–H groups in total. The first-order valence-electron chi connectivity index (χ1n) is 5.31. The second kappa shape index (κ2) is 6.25. The summed E-state index contributed by atoms with van der Waals surface area (Å²) in [5.41, 5.74) is 1.98. The summed E-state index contributed by atoms with van der Waals surface area (Å²) < 4.78 is 0. The van der Waals surface area contributed by atoms with Crippen LogP contribution in [0.5, 0.6) is 0 Å². The molecule has 1 rings (SSSR count). The summed E-state index contributed by atoms with van der Waals surface area (Å²) in [4.78, 5) is 11.2. The van der Waals surface area contributed by atoms with E-state index in [-0.39, 0.29) is 18.6 Å². The highest BCUT2D eigenvalue weighted by Crippen LogP contribution is 2.04. The van der Waals surface area contributed by atoms with E-state index in [1.807, 2.05) is 31.2 Å². The monoisotopic (exact) mass is 222 g/mol. The van der Waals surface area contributed by atoms with Gasteiger partial charge in [-0.3, -0.25) is 4.79 Å². The van der Waals surface area contributed by atoms with Crippen LogP contribution in [-0.4, -0.2) is 24.1 Å². The number of carbonyl (C=O) groups is 1. The van der Waals surface area contributed by atoms with Crippen molar-refractivity contribution in [3.63, 3.8) is 0 Å². The van der Waals surface area contributed by atoms with Gasteiger partial charge in [-0.15, -0.1) is 0 Å². The highest BCUT2D eigenvalue weighted by atomic mass is 16.3. The van der Waals surface area contributed by atoms with Crippen LogP contribution < -0.4 is 10.6 Å². The Morgan fingerprint density at radius 3 is 2.38 bits per heavy atom. The smallest absolute Gasteiger partial charge is 0.236 e. The van der Waals surface area contributed by atoms with Crippen LogP contribution in [0.4, 0.5) is 0 Å². The largest absolute Gasteiger partial charge is 0.392 e. The predicted octanol–water partition coefficient (Wildman–Crippen LogP) is 0.403. The third-order valence-electron chi connectivity index (χ3n) is 2.46. The first-order chi connectivity index (χ1) is 7.67. The van der Waals surface area contributed by atoms with Crippen LogP contribution in [0, 0.1) is 0 Å². The van der Waals surface area contributed by atoms with Gasteiger partial charge in [-0.25, -0.2) is 0 Å². The Bertz CT molecular complexity index is 335. The van der Waals surface area contributed by atoms with Crippen LogP contribution in [0.15, 0.2) is 24.3 Å². The molecule has 0 aliphatic heterocycles. The maximum atomic E-state index is 11.2. The molecule has 0 aromatic heterocycles. The van der Waals surface area contributed by atoms with Crippen molar-refractivity contribution in [3.8, 4) is 0 Å². The lowest BCUT2D eigenvalue weighted by Crippen LogP contribution is -2.40. The number of carbonyl (C=O) groups excluding carboxylic acids is 1.